The molecule has 0 spiro atoms. The number of carboxylic acid groups (broad SMARTS) is 1. The summed E-state index contributed by atoms with van der Waals surface area (Å²) in [5.74, 6) is -1.62. The Bertz CT molecular complexity index is 728. The number of nitrogens with zero attached hydrogens (tertiary/aromatic N) is 1. The molecule has 0 atom stereocenters. The van der Waals surface area contributed by atoms with Crippen molar-refractivity contribution in [3.63, 3.8) is 0 Å². The van der Waals surface area contributed by atoms with Crippen LogP contribution in [-0.4, -0.2) is 11.1 Å². The van der Waals surface area contributed by atoms with E-state index in [0.717, 1.165) is 6.07 Å². The lowest BCUT2D eigenvalue weighted by atomic mass is 10.2. The van der Waals surface area contributed by atoms with E-state index in [2.05, 4.69) is 0 Å². The van der Waals surface area contributed by atoms with Crippen LogP contribution in [0.3, 0.4) is 0 Å². The second-order valence-electron chi connectivity index (χ2n) is 3.80. The standard InChI is InChI=1S/C14H7ClFNO2S/c15-12-3-2-10(6-11(12)14(18)19)20-13-4-1-9(16)5-8(13)7-17/h1-6H,(H,18,19). The fraction of sp³-hybridized carbons (Fsp3) is 0. The van der Waals surface area contributed by atoms with Gasteiger partial charge in [-0.3, -0.25) is 0 Å². The van der Waals surface area contributed by atoms with Gasteiger partial charge in [-0.2, -0.15) is 5.26 Å². The maximum Gasteiger partial charge on any atom is 0.337 e. The normalized spacial score (nSPS) is 10.1. The van der Waals surface area contributed by atoms with Gasteiger partial charge >= 0.3 is 5.97 Å². The first-order valence-corrected chi connectivity index (χ1v) is 6.61. The molecule has 0 radical (unpaired) electrons. The molecule has 0 saturated heterocycles. The first-order chi connectivity index (χ1) is 9.51. The summed E-state index contributed by atoms with van der Waals surface area (Å²) in [6.07, 6.45) is 0. The molecule has 0 aliphatic heterocycles. The summed E-state index contributed by atoms with van der Waals surface area (Å²) in [6.45, 7) is 0. The molecule has 20 heavy (non-hydrogen) atoms. The number of halogens is 2. The van der Waals surface area contributed by atoms with Gasteiger partial charge in [0.25, 0.3) is 0 Å². The number of carbonyl (C=O) groups is 1. The molecule has 6 heteroatoms. The largest absolute Gasteiger partial charge is 0.478 e. The Labute approximate surface area is 123 Å². The van der Waals surface area contributed by atoms with E-state index >= 15 is 0 Å². The molecule has 0 amide bonds. The zero-order valence-electron chi connectivity index (χ0n) is 9.93. The molecule has 0 saturated carbocycles. The molecule has 100 valence electrons. The van der Waals surface area contributed by atoms with Crippen LogP contribution >= 0.6 is 23.4 Å². The van der Waals surface area contributed by atoms with Crippen LogP contribution in [0.15, 0.2) is 46.2 Å². The SMILES string of the molecule is N#Cc1cc(F)ccc1Sc1ccc(Cl)c(C(=O)O)c1. The number of rotatable bonds is 3. The molecule has 2 aromatic carbocycles. The Hall–Kier alpha value is -2.03. The van der Waals surface area contributed by atoms with E-state index in [-0.39, 0.29) is 16.1 Å². The average Bonchev–Trinajstić information content (AvgIpc) is 2.42. The summed E-state index contributed by atoms with van der Waals surface area (Å²) in [4.78, 5) is 12.2. The van der Waals surface area contributed by atoms with Gasteiger partial charge in [0.2, 0.25) is 0 Å². The van der Waals surface area contributed by atoms with Crippen molar-refractivity contribution in [3.8, 4) is 6.07 Å². The monoisotopic (exact) mass is 307 g/mol. The van der Waals surface area contributed by atoms with E-state index in [0.29, 0.717) is 9.79 Å². The molecule has 0 aliphatic carbocycles. The fourth-order valence-corrected chi connectivity index (χ4v) is 2.65. The van der Waals surface area contributed by atoms with Crippen LogP contribution in [0.5, 0.6) is 0 Å². The Morgan fingerprint density at radius 1 is 1.30 bits per heavy atom. The Kier molecular flexibility index (Phi) is 4.28. The van der Waals surface area contributed by atoms with Crippen LogP contribution in [0.25, 0.3) is 0 Å². The zero-order chi connectivity index (χ0) is 14.7. The van der Waals surface area contributed by atoms with Crippen molar-refractivity contribution in [2.24, 2.45) is 0 Å². The number of carboxylic acids is 1. The van der Waals surface area contributed by atoms with Crippen molar-refractivity contribution in [1.29, 1.82) is 5.26 Å². The quantitative estimate of drug-likeness (QED) is 0.923. The average molecular weight is 308 g/mol. The van der Waals surface area contributed by atoms with Crippen LogP contribution in [0.2, 0.25) is 5.02 Å². The molecule has 0 heterocycles. The third-order valence-electron chi connectivity index (χ3n) is 2.46. The summed E-state index contributed by atoms with van der Waals surface area (Å²) >= 11 is 6.96. The molecule has 0 fully saturated rings. The van der Waals surface area contributed by atoms with Gasteiger partial charge in [-0.25, -0.2) is 9.18 Å². The van der Waals surface area contributed by atoms with Crippen LogP contribution < -0.4 is 0 Å². The first kappa shape index (κ1) is 14.4. The van der Waals surface area contributed by atoms with Crippen molar-refractivity contribution in [3.05, 3.63) is 58.4 Å². The van der Waals surface area contributed by atoms with Gasteiger partial charge < -0.3 is 5.11 Å². The Morgan fingerprint density at radius 2 is 2.05 bits per heavy atom. The second-order valence-corrected chi connectivity index (χ2v) is 5.32. The molecule has 3 nitrogen and oxygen atoms in total. The van der Waals surface area contributed by atoms with Gasteiger partial charge in [0.1, 0.15) is 11.9 Å². The van der Waals surface area contributed by atoms with E-state index in [1.54, 1.807) is 6.07 Å². The van der Waals surface area contributed by atoms with Gasteiger partial charge in [0, 0.05) is 9.79 Å². The van der Waals surface area contributed by atoms with Gasteiger partial charge in [-0.1, -0.05) is 23.4 Å². The van der Waals surface area contributed by atoms with Crippen molar-refractivity contribution in [2.45, 2.75) is 9.79 Å². The summed E-state index contributed by atoms with van der Waals surface area (Å²) in [6, 6.07) is 10.3. The Balaban J connectivity index is 2.38. The molecular weight excluding hydrogens is 301 g/mol. The lowest BCUT2D eigenvalue weighted by molar-refractivity contribution is 0.0697. The molecule has 2 rings (SSSR count). The molecule has 0 aliphatic rings. The van der Waals surface area contributed by atoms with E-state index in [1.807, 2.05) is 6.07 Å². The summed E-state index contributed by atoms with van der Waals surface area (Å²) in [5.41, 5.74) is 0.180. The van der Waals surface area contributed by atoms with E-state index in [4.69, 9.17) is 22.0 Å². The topological polar surface area (TPSA) is 61.1 Å². The van der Waals surface area contributed by atoms with Gasteiger partial charge in [-0.15, -0.1) is 0 Å². The number of benzene rings is 2. The van der Waals surface area contributed by atoms with Gasteiger partial charge in [-0.05, 0) is 36.4 Å². The molecule has 2 aromatic rings. The fourth-order valence-electron chi connectivity index (χ4n) is 1.54. The van der Waals surface area contributed by atoms with Crippen LogP contribution in [0.4, 0.5) is 4.39 Å². The summed E-state index contributed by atoms with van der Waals surface area (Å²) in [5, 5.41) is 18.1. The molecule has 0 bridgehead atoms. The highest BCUT2D eigenvalue weighted by molar-refractivity contribution is 7.99. The highest BCUT2D eigenvalue weighted by atomic mass is 35.5. The van der Waals surface area contributed by atoms with E-state index in [1.165, 1.54) is 36.0 Å². The van der Waals surface area contributed by atoms with Gasteiger partial charge in [0.15, 0.2) is 0 Å². The summed E-state index contributed by atoms with van der Waals surface area (Å²) in [7, 11) is 0. The first-order valence-electron chi connectivity index (χ1n) is 5.41. The molecule has 0 aromatic heterocycles. The Morgan fingerprint density at radius 3 is 2.70 bits per heavy atom. The van der Waals surface area contributed by atoms with Crippen LogP contribution in [0.1, 0.15) is 15.9 Å². The minimum atomic E-state index is -1.13. The third-order valence-corrected chi connectivity index (χ3v) is 3.85. The molecule has 0 unspecified atom stereocenters. The molecule has 1 N–H and O–H groups in total. The van der Waals surface area contributed by atoms with Crippen molar-refractivity contribution < 1.29 is 14.3 Å². The lowest BCUT2D eigenvalue weighted by Crippen LogP contribution is -1.97. The van der Waals surface area contributed by atoms with E-state index in [9.17, 15) is 9.18 Å². The number of aromatic carboxylic acids is 1. The highest BCUT2D eigenvalue weighted by Gasteiger charge is 2.11. The van der Waals surface area contributed by atoms with Crippen molar-refractivity contribution in [1.82, 2.24) is 0 Å². The summed E-state index contributed by atoms with van der Waals surface area (Å²) < 4.78 is 13.0. The van der Waals surface area contributed by atoms with Gasteiger partial charge in [0.05, 0.1) is 16.1 Å². The lowest BCUT2D eigenvalue weighted by Gasteiger charge is -2.06. The maximum absolute atomic E-state index is 13.0. The number of hydrogen-bond donors (Lipinski definition) is 1. The number of nitriles is 1. The number of hydrogen-bond acceptors (Lipinski definition) is 3. The van der Waals surface area contributed by atoms with E-state index < -0.39 is 11.8 Å². The zero-order valence-corrected chi connectivity index (χ0v) is 11.5. The third kappa shape index (κ3) is 3.10. The minimum Gasteiger partial charge on any atom is -0.478 e. The minimum absolute atomic E-state index is 0.0164. The predicted molar refractivity (Wildman–Crippen MR) is 73.6 cm³/mol. The highest BCUT2D eigenvalue weighted by Crippen LogP contribution is 2.32. The smallest absolute Gasteiger partial charge is 0.337 e. The maximum atomic E-state index is 13.0. The van der Waals surface area contributed by atoms with Crippen LogP contribution in [-0.2, 0) is 0 Å². The predicted octanol–water partition coefficient (Wildman–Crippen LogP) is 4.20. The van der Waals surface area contributed by atoms with Crippen LogP contribution in [0, 0.1) is 17.1 Å². The van der Waals surface area contributed by atoms with Crippen molar-refractivity contribution >= 4 is 29.3 Å². The second kappa shape index (κ2) is 5.95. The molecular formula is C14H7ClFNO2S. The van der Waals surface area contributed by atoms with Crippen molar-refractivity contribution in [2.75, 3.05) is 0 Å².